The molecule has 1 aromatic heterocycles. The maximum absolute atomic E-state index is 13.2. The molecule has 1 fully saturated rings. The lowest BCUT2D eigenvalue weighted by Gasteiger charge is -2.31. The first kappa shape index (κ1) is 23.5. The van der Waals surface area contributed by atoms with Crippen molar-refractivity contribution in [3.63, 3.8) is 0 Å². The van der Waals surface area contributed by atoms with Gasteiger partial charge in [0.1, 0.15) is 6.54 Å². The van der Waals surface area contributed by atoms with Gasteiger partial charge in [-0.05, 0) is 39.7 Å². The smallest absolute Gasteiger partial charge is 0.310 e. The quantitative estimate of drug-likeness (QED) is 0.357. The number of carbonyl (C=O) groups excluding carboxylic acids is 4. The molecule has 1 atom stereocenters. The highest BCUT2D eigenvalue weighted by Gasteiger charge is 2.33. The van der Waals surface area contributed by atoms with Crippen molar-refractivity contribution in [1.29, 1.82) is 0 Å². The average Bonchev–Trinajstić information content (AvgIpc) is 3.17. The minimum Gasteiger partial charge on any atom is -0.466 e. The number of esters is 1. The Balaban J connectivity index is 1.84. The number of likely N-dealkylation sites (N-methyl/N-ethyl adjacent to an activating group) is 1. The van der Waals surface area contributed by atoms with Crippen molar-refractivity contribution >= 4 is 34.5 Å². The zero-order valence-electron chi connectivity index (χ0n) is 19.0. The summed E-state index contributed by atoms with van der Waals surface area (Å²) in [7, 11) is 0. The highest BCUT2D eigenvalue weighted by atomic mass is 16.5. The minimum atomic E-state index is -0.628. The second kappa shape index (κ2) is 10.4. The molecule has 0 radical (unpaired) electrons. The van der Waals surface area contributed by atoms with E-state index >= 15 is 0 Å². The van der Waals surface area contributed by atoms with Gasteiger partial charge in [0, 0.05) is 43.3 Å². The molecule has 172 valence electrons. The van der Waals surface area contributed by atoms with Crippen LogP contribution in [-0.2, 0) is 25.7 Å². The van der Waals surface area contributed by atoms with Crippen LogP contribution < -0.4 is 0 Å². The predicted molar refractivity (Wildman–Crippen MR) is 120 cm³/mol. The van der Waals surface area contributed by atoms with E-state index in [4.69, 9.17) is 4.74 Å². The van der Waals surface area contributed by atoms with Crippen molar-refractivity contribution < 1.29 is 23.9 Å². The van der Waals surface area contributed by atoms with E-state index in [9.17, 15) is 19.2 Å². The van der Waals surface area contributed by atoms with E-state index in [1.165, 1.54) is 4.90 Å². The molecular formula is C24H31N3O5. The van der Waals surface area contributed by atoms with Gasteiger partial charge in [0.25, 0.3) is 11.7 Å². The van der Waals surface area contributed by atoms with E-state index in [-0.39, 0.29) is 37.1 Å². The third-order valence-electron chi connectivity index (χ3n) is 5.98. The Hall–Kier alpha value is -3.16. The highest BCUT2D eigenvalue weighted by molar-refractivity contribution is 6.45. The fourth-order valence-corrected chi connectivity index (χ4v) is 4.25. The van der Waals surface area contributed by atoms with E-state index in [0.717, 1.165) is 5.52 Å². The summed E-state index contributed by atoms with van der Waals surface area (Å²) in [6, 6.07) is 7.26. The minimum absolute atomic E-state index is 0.0469. The summed E-state index contributed by atoms with van der Waals surface area (Å²) in [4.78, 5) is 54.1. The summed E-state index contributed by atoms with van der Waals surface area (Å²) in [5.74, 6) is -2.04. The lowest BCUT2D eigenvalue weighted by atomic mass is 9.97. The Bertz CT molecular complexity index is 1010. The highest BCUT2D eigenvalue weighted by Crippen LogP contribution is 2.24. The van der Waals surface area contributed by atoms with Gasteiger partial charge in [-0.3, -0.25) is 19.2 Å². The monoisotopic (exact) mass is 441 g/mol. The molecule has 2 aromatic rings. The molecule has 3 rings (SSSR count). The van der Waals surface area contributed by atoms with Crippen LogP contribution in [-0.4, -0.2) is 70.7 Å². The van der Waals surface area contributed by atoms with Crippen molar-refractivity contribution in [2.45, 2.75) is 40.2 Å². The van der Waals surface area contributed by atoms with Gasteiger partial charge >= 0.3 is 5.97 Å². The molecule has 1 saturated heterocycles. The van der Waals surface area contributed by atoms with E-state index < -0.39 is 17.6 Å². The van der Waals surface area contributed by atoms with Gasteiger partial charge in [0.15, 0.2) is 0 Å². The summed E-state index contributed by atoms with van der Waals surface area (Å²) >= 11 is 0. The molecule has 0 saturated carbocycles. The molecule has 1 unspecified atom stereocenters. The normalized spacial score (nSPS) is 16.1. The number of amides is 2. The van der Waals surface area contributed by atoms with Crippen LogP contribution in [0, 0.1) is 5.92 Å². The average molecular weight is 442 g/mol. The molecule has 0 bridgehead atoms. The maximum Gasteiger partial charge on any atom is 0.310 e. The fourth-order valence-electron chi connectivity index (χ4n) is 4.25. The Kier molecular flexibility index (Phi) is 7.66. The van der Waals surface area contributed by atoms with E-state index in [1.807, 2.05) is 26.0 Å². The van der Waals surface area contributed by atoms with Gasteiger partial charge in [-0.25, -0.2) is 0 Å². The molecule has 0 N–H and O–H groups in total. The predicted octanol–water partition coefficient (Wildman–Crippen LogP) is 2.49. The Labute approximate surface area is 188 Å². The van der Waals surface area contributed by atoms with Gasteiger partial charge in [0.05, 0.1) is 18.1 Å². The molecule has 8 heteroatoms. The molecule has 2 heterocycles. The first-order chi connectivity index (χ1) is 15.4. The number of fused-ring (bicyclic) bond motifs is 1. The summed E-state index contributed by atoms with van der Waals surface area (Å²) < 4.78 is 6.82. The molecule has 0 aliphatic carbocycles. The molecule has 32 heavy (non-hydrogen) atoms. The number of ether oxygens (including phenoxy) is 1. The van der Waals surface area contributed by atoms with Gasteiger partial charge in [-0.1, -0.05) is 18.2 Å². The zero-order chi connectivity index (χ0) is 23.3. The van der Waals surface area contributed by atoms with Crippen molar-refractivity contribution in [1.82, 2.24) is 14.4 Å². The number of para-hydroxylation sites is 1. The molecule has 1 aliphatic heterocycles. The third-order valence-corrected chi connectivity index (χ3v) is 5.98. The van der Waals surface area contributed by atoms with E-state index in [2.05, 4.69) is 0 Å². The van der Waals surface area contributed by atoms with Crippen molar-refractivity contribution in [2.75, 3.05) is 32.8 Å². The molecule has 2 amide bonds. The van der Waals surface area contributed by atoms with Crippen molar-refractivity contribution in [3.05, 3.63) is 36.0 Å². The van der Waals surface area contributed by atoms with Crippen molar-refractivity contribution in [3.8, 4) is 0 Å². The van der Waals surface area contributed by atoms with Gasteiger partial charge in [0.2, 0.25) is 5.91 Å². The summed E-state index contributed by atoms with van der Waals surface area (Å²) in [5, 5.41) is 0.636. The van der Waals surface area contributed by atoms with Gasteiger partial charge < -0.3 is 19.1 Å². The Morgan fingerprint density at radius 2 is 1.81 bits per heavy atom. The Morgan fingerprint density at radius 1 is 1.09 bits per heavy atom. The lowest BCUT2D eigenvalue weighted by Crippen LogP contribution is -2.45. The SMILES string of the molecule is CCOC(=O)C1CCCN(C(=O)C(=O)c2cn(CC(=O)N(CC)CC)c3ccccc23)C1. The number of hydrogen-bond donors (Lipinski definition) is 0. The number of hydrogen-bond acceptors (Lipinski definition) is 5. The number of carbonyl (C=O) groups is 4. The van der Waals surface area contributed by atoms with Crippen LogP contribution in [0.5, 0.6) is 0 Å². The van der Waals surface area contributed by atoms with Crippen molar-refractivity contribution in [2.24, 2.45) is 5.92 Å². The second-order valence-corrected chi connectivity index (χ2v) is 7.93. The number of nitrogens with zero attached hydrogens (tertiary/aromatic N) is 3. The van der Waals surface area contributed by atoms with Gasteiger partial charge in [-0.15, -0.1) is 0 Å². The van der Waals surface area contributed by atoms with Crippen LogP contribution in [0.2, 0.25) is 0 Å². The second-order valence-electron chi connectivity index (χ2n) is 7.93. The topological polar surface area (TPSA) is 88.9 Å². The molecule has 8 nitrogen and oxygen atoms in total. The summed E-state index contributed by atoms with van der Waals surface area (Å²) in [6.07, 6.45) is 2.88. The van der Waals surface area contributed by atoms with Crippen LogP contribution >= 0.6 is 0 Å². The number of rotatable bonds is 8. The lowest BCUT2D eigenvalue weighted by molar-refractivity contribution is -0.150. The number of ketones is 1. The van der Waals surface area contributed by atoms with Gasteiger partial charge in [-0.2, -0.15) is 0 Å². The first-order valence-corrected chi connectivity index (χ1v) is 11.3. The number of aromatic nitrogens is 1. The third kappa shape index (κ3) is 4.84. The molecular weight excluding hydrogens is 410 g/mol. The number of benzene rings is 1. The summed E-state index contributed by atoms with van der Waals surface area (Å²) in [6.45, 7) is 7.79. The largest absolute Gasteiger partial charge is 0.466 e. The van der Waals surface area contributed by atoms with Crippen LogP contribution in [0.25, 0.3) is 10.9 Å². The summed E-state index contributed by atoms with van der Waals surface area (Å²) in [5.41, 5.74) is 1.00. The van der Waals surface area contributed by atoms with Crippen LogP contribution in [0.1, 0.15) is 44.0 Å². The van der Waals surface area contributed by atoms with Crippen LogP contribution in [0.3, 0.4) is 0 Å². The van der Waals surface area contributed by atoms with E-state index in [0.29, 0.717) is 37.9 Å². The molecule has 1 aromatic carbocycles. The first-order valence-electron chi connectivity index (χ1n) is 11.3. The molecule has 1 aliphatic rings. The number of likely N-dealkylation sites (tertiary alicyclic amines) is 1. The maximum atomic E-state index is 13.2. The number of Topliss-reactive ketones (excluding diaryl/α,β-unsaturated/α-hetero) is 1. The van der Waals surface area contributed by atoms with E-state index in [1.54, 1.807) is 34.7 Å². The fraction of sp³-hybridized carbons (Fsp3) is 0.500. The standard InChI is InChI=1S/C24H31N3O5/c1-4-25(5-2)21(28)16-27-15-19(18-11-7-8-12-20(18)27)22(29)23(30)26-13-9-10-17(14-26)24(31)32-6-3/h7-8,11-12,15,17H,4-6,9-10,13-14,16H2,1-3H3. The number of piperidine rings is 1. The Morgan fingerprint density at radius 3 is 2.50 bits per heavy atom. The zero-order valence-corrected chi connectivity index (χ0v) is 19.0. The van der Waals surface area contributed by atoms with Crippen LogP contribution in [0.15, 0.2) is 30.5 Å². The molecule has 0 spiro atoms. The van der Waals surface area contributed by atoms with Crippen LogP contribution in [0.4, 0.5) is 0 Å².